The predicted octanol–water partition coefficient (Wildman–Crippen LogP) is 0.152. The molecule has 3 heteroatoms. The Hall–Kier alpha value is -2.42. The lowest BCUT2D eigenvalue weighted by Gasteiger charge is -2.09. The minimum absolute atomic E-state index is 0.140. The average molecular weight is 224 g/mol. The highest BCUT2D eigenvalue weighted by molar-refractivity contribution is 6.27. The van der Waals surface area contributed by atoms with E-state index in [2.05, 4.69) is 0 Å². The van der Waals surface area contributed by atoms with Crippen molar-refractivity contribution in [2.75, 3.05) is 0 Å². The zero-order valence-corrected chi connectivity index (χ0v) is 8.81. The fraction of sp³-hybridized carbons (Fsp3) is 0. The summed E-state index contributed by atoms with van der Waals surface area (Å²) in [5, 5.41) is 11.0. The second kappa shape index (κ2) is 3.28. The second-order valence-electron chi connectivity index (χ2n) is 3.94. The van der Waals surface area contributed by atoms with Crippen molar-refractivity contribution in [3.8, 4) is 0 Å². The Bertz CT molecular complexity index is 733. The number of carbonyl (C=O) groups excluding carboxylic acids is 1. The maximum atomic E-state index is 11.6. The van der Waals surface area contributed by atoms with Gasteiger partial charge in [0.2, 0.25) is 0 Å². The highest BCUT2D eigenvalue weighted by atomic mass is 16.4. The van der Waals surface area contributed by atoms with E-state index in [1.807, 2.05) is 24.3 Å². The molecule has 0 saturated heterocycles. The standard InChI is InChI=1S/C14H8O3/c15-12-6-5-10-9-4-2-1-3-8(9)7-11(10)13(12)14(16)17/h1-7H,(H,16,17). The lowest BCUT2D eigenvalue weighted by atomic mass is 9.93. The molecule has 1 N–H and O–H groups in total. The van der Waals surface area contributed by atoms with Gasteiger partial charge in [0.1, 0.15) is 5.57 Å². The van der Waals surface area contributed by atoms with Crippen LogP contribution in [0.25, 0.3) is 11.6 Å². The van der Waals surface area contributed by atoms with Crippen molar-refractivity contribution < 1.29 is 14.7 Å². The molecule has 0 heterocycles. The number of hydrogen-bond acceptors (Lipinski definition) is 2. The molecular weight excluding hydrogens is 216 g/mol. The van der Waals surface area contributed by atoms with Gasteiger partial charge < -0.3 is 5.11 Å². The quantitative estimate of drug-likeness (QED) is 0.691. The molecule has 0 atom stereocenters. The number of ketones is 1. The predicted molar refractivity (Wildman–Crippen MR) is 62.4 cm³/mol. The van der Waals surface area contributed by atoms with Crippen LogP contribution in [0.5, 0.6) is 0 Å². The van der Waals surface area contributed by atoms with E-state index >= 15 is 0 Å². The summed E-state index contributed by atoms with van der Waals surface area (Å²) in [6, 6.07) is 7.62. The molecule has 0 aromatic heterocycles. The zero-order chi connectivity index (χ0) is 12.0. The smallest absolute Gasteiger partial charge is 0.340 e. The molecule has 2 aliphatic carbocycles. The Morgan fingerprint density at radius 3 is 2.59 bits per heavy atom. The monoisotopic (exact) mass is 224 g/mol. The summed E-state index contributed by atoms with van der Waals surface area (Å²) in [5.41, 5.74) is 1.20. The molecule has 0 fully saturated rings. The van der Waals surface area contributed by atoms with Gasteiger partial charge in [-0.1, -0.05) is 24.3 Å². The highest BCUT2D eigenvalue weighted by Crippen LogP contribution is 2.25. The molecule has 82 valence electrons. The summed E-state index contributed by atoms with van der Waals surface area (Å²) in [6.07, 6.45) is 4.76. The Labute approximate surface area is 96.7 Å². The fourth-order valence-corrected chi connectivity index (χ4v) is 2.23. The van der Waals surface area contributed by atoms with Crippen LogP contribution in [-0.2, 0) is 9.59 Å². The van der Waals surface area contributed by atoms with Gasteiger partial charge in [-0.25, -0.2) is 4.79 Å². The first-order valence-electron chi connectivity index (χ1n) is 5.20. The van der Waals surface area contributed by atoms with E-state index in [1.165, 1.54) is 6.08 Å². The number of benzene rings is 1. The Morgan fingerprint density at radius 1 is 1.06 bits per heavy atom. The Kier molecular flexibility index (Phi) is 1.89. The van der Waals surface area contributed by atoms with Crippen molar-refractivity contribution in [1.82, 2.24) is 0 Å². The molecule has 3 rings (SSSR count). The normalized spacial score (nSPS) is 16.7. The summed E-state index contributed by atoms with van der Waals surface area (Å²) in [6.45, 7) is 0. The maximum absolute atomic E-state index is 11.6. The van der Waals surface area contributed by atoms with E-state index in [0.717, 1.165) is 16.0 Å². The van der Waals surface area contributed by atoms with E-state index in [9.17, 15) is 9.59 Å². The lowest BCUT2D eigenvalue weighted by Crippen LogP contribution is -2.22. The largest absolute Gasteiger partial charge is 0.478 e. The number of rotatable bonds is 1. The third-order valence-electron chi connectivity index (χ3n) is 2.97. The topological polar surface area (TPSA) is 54.4 Å². The molecule has 0 saturated carbocycles. The molecule has 0 radical (unpaired) electrons. The fourth-order valence-electron chi connectivity index (χ4n) is 2.23. The van der Waals surface area contributed by atoms with Crippen molar-refractivity contribution in [3.63, 3.8) is 0 Å². The number of carboxylic acids is 1. The molecule has 0 spiro atoms. The number of allylic oxidation sites excluding steroid dienone is 3. The van der Waals surface area contributed by atoms with Gasteiger partial charge in [0.25, 0.3) is 0 Å². The summed E-state index contributed by atoms with van der Waals surface area (Å²) in [5.74, 6) is -1.61. The van der Waals surface area contributed by atoms with E-state index < -0.39 is 11.8 Å². The van der Waals surface area contributed by atoms with Crippen LogP contribution in [0, 0.1) is 0 Å². The zero-order valence-electron chi connectivity index (χ0n) is 8.81. The minimum atomic E-state index is -1.17. The van der Waals surface area contributed by atoms with Crippen molar-refractivity contribution in [2.24, 2.45) is 0 Å². The van der Waals surface area contributed by atoms with Gasteiger partial charge in [0.05, 0.1) is 0 Å². The molecule has 0 aliphatic heterocycles. The highest BCUT2D eigenvalue weighted by Gasteiger charge is 2.26. The van der Waals surface area contributed by atoms with Crippen molar-refractivity contribution >= 4 is 23.4 Å². The van der Waals surface area contributed by atoms with Crippen LogP contribution < -0.4 is 10.4 Å². The van der Waals surface area contributed by atoms with E-state index in [0.29, 0.717) is 5.57 Å². The Balaban J connectivity index is 2.45. The molecule has 2 aliphatic rings. The molecule has 3 nitrogen and oxygen atoms in total. The maximum Gasteiger partial charge on any atom is 0.340 e. The molecule has 17 heavy (non-hydrogen) atoms. The molecular formula is C14H8O3. The van der Waals surface area contributed by atoms with Crippen molar-refractivity contribution in [1.29, 1.82) is 0 Å². The van der Waals surface area contributed by atoms with Crippen molar-refractivity contribution in [3.05, 3.63) is 58.0 Å². The Morgan fingerprint density at radius 2 is 1.82 bits per heavy atom. The van der Waals surface area contributed by atoms with Crippen LogP contribution in [0.3, 0.4) is 0 Å². The molecule has 0 amide bonds. The first-order chi connectivity index (χ1) is 8.18. The molecule has 0 bridgehead atoms. The van der Waals surface area contributed by atoms with Crippen LogP contribution >= 0.6 is 0 Å². The third kappa shape index (κ3) is 1.29. The van der Waals surface area contributed by atoms with Crippen molar-refractivity contribution in [2.45, 2.75) is 0 Å². The minimum Gasteiger partial charge on any atom is -0.478 e. The van der Waals surface area contributed by atoms with Gasteiger partial charge in [-0.15, -0.1) is 0 Å². The van der Waals surface area contributed by atoms with Crippen LogP contribution in [-0.4, -0.2) is 16.9 Å². The summed E-state index contributed by atoms with van der Waals surface area (Å²) in [4.78, 5) is 22.7. The van der Waals surface area contributed by atoms with E-state index in [4.69, 9.17) is 5.11 Å². The first kappa shape index (κ1) is 9.78. The summed E-state index contributed by atoms with van der Waals surface area (Å²) < 4.78 is 0. The number of fused-ring (bicyclic) bond motifs is 2. The third-order valence-corrected chi connectivity index (χ3v) is 2.97. The van der Waals surface area contributed by atoms with Crippen LogP contribution in [0.2, 0.25) is 0 Å². The van der Waals surface area contributed by atoms with Gasteiger partial charge >= 0.3 is 5.97 Å². The van der Waals surface area contributed by atoms with Gasteiger partial charge in [-0.3, -0.25) is 4.79 Å². The SMILES string of the molecule is O=C(O)C1=C2C=c3ccccc3=C2C=CC1=O. The lowest BCUT2D eigenvalue weighted by molar-refractivity contribution is -0.134. The molecule has 1 aromatic rings. The number of aliphatic carboxylic acids is 1. The number of carboxylic acid groups (broad SMARTS) is 1. The molecule has 1 aromatic carbocycles. The van der Waals surface area contributed by atoms with Gasteiger partial charge in [0.15, 0.2) is 5.78 Å². The number of carbonyl (C=O) groups is 2. The van der Waals surface area contributed by atoms with Gasteiger partial charge in [-0.05, 0) is 34.2 Å². The van der Waals surface area contributed by atoms with Crippen LogP contribution in [0.1, 0.15) is 0 Å². The van der Waals surface area contributed by atoms with E-state index in [-0.39, 0.29) is 5.57 Å². The van der Waals surface area contributed by atoms with Crippen LogP contribution in [0.15, 0.2) is 47.6 Å². The second-order valence-corrected chi connectivity index (χ2v) is 3.94. The average Bonchev–Trinajstić information content (AvgIpc) is 2.66. The van der Waals surface area contributed by atoms with Gasteiger partial charge in [-0.2, -0.15) is 0 Å². The summed E-state index contributed by atoms with van der Waals surface area (Å²) >= 11 is 0. The molecule has 0 unspecified atom stereocenters. The number of hydrogen-bond donors (Lipinski definition) is 1. The van der Waals surface area contributed by atoms with E-state index in [1.54, 1.807) is 12.2 Å². The summed E-state index contributed by atoms with van der Waals surface area (Å²) in [7, 11) is 0. The van der Waals surface area contributed by atoms with Crippen LogP contribution in [0.4, 0.5) is 0 Å². The first-order valence-corrected chi connectivity index (χ1v) is 5.20. The van der Waals surface area contributed by atoms with Gasteiger partial charge in [0, 0.05) is 5.57 Å².